The van der Waals surface area contributed by atoms with Gasteiger partial charge < -0.3 is 0 Å². The van der Waals surface area contributed by atoms with Gasteiger partial charge in [-0.2, -0.15) is 5.26 Å². The Bertz CT molecular complexity index is 639. The van der Waals surface area contributed by atoms with E-state index in [1.807, 2.05) is 0 Å². The number of carbonyl (C=O) groups is 1. The summed E-state index contributed by atoms with van der Waals surface area (Å²) in [4.78, 5) is 11.6. The van der Waals surface area contributed by atoms with Crippen LogP contribution in [0.3, 0.4) is 0 Å². The predicted octanol–water partition coefficient (Wildman–Crippen LogP) is 3.75. The van der Waals surface area contributed by atoms with Crippen molar-refractivity contribution in [2.75, 3.05) is 0 Å². The highest BCUT2D eigenvalue weighted by atomic mass is 19.1. The quantitative estimate of drug-likeness (QED) is 0.858. The zero-order valence-corrected chi connectivity index (χ0v) is 11.4. The molecule has 0 spiro atoms. The minimum absolute atomic E-state index is 0.0548. The van der Waals surface area contributed by atoms with Gasteiger partial charge in [0.05, 0.1) is 6.07 Å². The lowest BCUT2D eigenvalue weighted by molar-refractivity contribution is -0.117. The maximum Gasteiger partial charge on any atom is 0.132 e. The van der Waals surface area contributed by atoms with Gasteiger partial charge in [0.1, 0.15) is 22.8 Å². The van der Waals surface area contributed by atoms with Crippen LogP contribution in [0.5, 0.6) is 0 Å². The van der Waals surface area contributed by atoms with Crippen LogP contribution in [0.4, 0.5) is 8.78 Å². The van der Waals surface area contributed by atoms with E-state index >= 15 is 0 Å². The van der Waals surface area contributed by atoms with Gasteiger partial charge in [-0.25, -0.2) is 8.78 Å². The topological polar surface area (TPSA) is 40.9 Å². The Kier molecular flexibility index (Phi) is 4.13. The standard InChI is InChI=1S/C17H13F2NO/c1-12(21)10-17(11-20,13-2-6-15(18)7-3-13)14-4-8-16(19)9-5-14/h2-9H,10H2,1H3. The van der Waals surface area contributed by atoms with Crippen molar-refractivity contribution in [1.82, 2.24) is 0 Å². The van der Waals surface area contributed by atoms with Crippen LogP contribution in [-0.2, 0) is 10.2 Å². The number of halogens is 2. The van der Waals surface area contributed by atoms with Crippen LogP contribution in [0.15, 0.2) is 48.5 Å². The molecule has 0 saturated heterocycles. The summed E-state index contributed by atoms with van der Waals surface area (Å²) in [5, 5.41) is 9.68. The summed E-state index contributed by atoms with van der Waals surface area (Å²) in [6.45, 7) is 1.39. The van der Waals surface area contributed by atoms with Crippen LogP contribution in [0.1, 0.15) is 24.5 Å². The summed E-state index contributed by atoms with van der Waals surface area (Å²) in [6, 6.07) is 13.0. The van der Waals surface area contributed by atoms with Gasteiger partial charge in [0.2, 0.25) is 0 Å². The molecule has 0 bridgehead atoms. The lowest BCUT2D eigenvalue weighted by Crippen LogP contribution is -2.28. The second kappa shape index (κ2) is 5.84. The van der Waals surface area contributed by atoms with Crippen LogP contribution in [0.25, 0.3) is 0 Å². The molecule has 0 aromatic heterocycles. The minimum atomic E-state index is -1.24. The molecule has 2 nitrogen and oxygen atoms in total. The molecule has 0 unspecified atom stereocenters. The average Bonchev–Trinajstić information content (AvgIpc) is 2.46. The van der Waals surface area contributed by atoms with E-state index in [4.69, 9.17) is 0 Å². The van der Waals surface area contributed by atoms with Gasteiger partial charge in [-0.1, -0.05) is 24.3 Å². The molecule has 0 amide bonds. The van der Waals surface area contributed by atoms with Gasteiger partial charge >= 0.3 is 0 Å². The number of rotatable bonds is 4. The number of nitriles is 1. The van der Waals surface area contributed by atoms with Crippen LogP contribution in [0.2, 0.25) is 0 Å². The van der Waals surface area contributed by atoms with Crippen molar-refractivity contribution in [2.24, 2.45) is 0 Å². The number of benzene rings is 2. The number of Topliss-reactive ketones (excluding diaryl/α,β-unsaturated/α-hetero) is 1. The molecule has 4 heteroatoms. The van der Waals surface area contributed by atoms with Crippen LogP contribution in [-0.4, -0.2) is 5.78 Å². The normalized spacial score (nSPS) is 11.0. The zero-order valence-electron chi connectivity index (χ0n) is 11.4. The molecule has 106 valence electrons. The molecule has 0 N–H and O–H groups in total. The fourth-order valence-electron chi connectivity index (χ4n) is 2.38. The Hall–Kier alpha value is -2.54. The highest BCUT2D eigenvalue weighted by Crippen LogP contribution is 2.35. The van der Waals surface area contributed by atoms with Crippen molar-refractivity contribution in [2.45, 2.75) is 18.8 Å². The molecule has 0 atom stereocenters. The largest absolute Gasteiger partial charge is 0.300 e. The molecule has 21 heavy (non-hydrogen) atoms. The average molecular weight is 285 g/mol. The summed E-state index contributed by atoms with van der Waals surface area (Å²) in [5.41, 5.74) is -0.228. The molecule has 0 fully saturated rings. The number of hydrogen-bond acceptors (Lipinski definition) is 2. The van der Waals surface area contributed by atoms with Gasteiger partial charge in [0.25, 0.3) is 0 Å². The molecule has 2 aromatic carbocycles. The highest BCUT2D eigenvalue weighted by Gasteiger charge is 2.36. The lowest BCUT2D eigenvalue weighted by Gasteiger charge is -2.26. The maximum atomic E-state index is 13.1. The molecule has 0 radical (unpaired) electrons. The molecular weight excluding hydrogens is 272 g/mol. The van der Waals surface area contributed by atoms with E-state index in [2.05, 4.69) is 6.07 Å². The lowest BCUT2D eigenvalue weighted by atomic mass is 9.72. The number of hydrogen-bond donors (Lipinski definition) is 0. The molecule has 0 aliphatic rings. The second-order valence-corrected chi connectivity index (χ2v) is 4.91. The van der Waals surface area contributed by atoms with Gasteiger partial charge in [-0.3, -0.25) is 4.79 Å². The summed E-state index contributed by atoms with van der Waals surface area (Å²) >= 11 is 0. The summed E-state index contributed by atoms with van der Waals surface area (Å²) in [5.74, 6) is -1.02. The third-order valence-corrected chi connectivity index (χ3v) is 3.38. The monoisotopic (exact) mass is 285 g/mol. The first-order valence-electron chi connectivity index (χ1n) is 6.41. The molecule has 0 heterocycles. The first-order chi connectivity index (χ1) is 9.98. The van der Waals surface area contributed by atoms with Crippen molar-refractivity contribution in [3.8, 4) is 6.07 Å². The van der Waals surface area contributed by atoms with Gasteiger partial charge in [-0.15, -0.1) is 0 Å². The molecule has 0 saturated carbocycles. The second-order valence-electron chi connectivity index (χ2n) is 4.91. The van der Waals surface area contributed by atoms with Crippen molar-refractivity contribution >= 4 is 5.78 Å². The number of ketones is 1. The van der Waals surface area contributed by atoms with Crippen molar-refractivity contribution in [1.29, 1.82) is 5.26 Å². The Balaban J connectivity index is 2.63. The molecular formula is C17H13F2NO. The van der Waals surface area contributed by atoms with Crippen LogP contribution < -0.4 is 0 Å². The number of nitrogens with zero attached hydrogens (tertiary/aromatic N) is 1. The Morgan fingerprint density at radius 1 is 1.00 bits per heavy atom. The predicted molar refractivity (Wildman–Crippen MR) is 74.5 cm³/mol. The molecule has 2 aromatic rings. The third-order valence-electron chi connectivity index (χ3n) is 3.38. The Labute approximate surface area is 121 Å². The van der Waals surface area contributed by atoms with E-state index in [0.29, 0.717) is 11.1 Å². The first-order valence-corrected chi connectivity index (χ1v) is 6.41. The van der Waals surface area contributed by atoms with E-state index in [1.54, 1.807) is 0 Å². The fraction of sp³-hybridized carbons (Fsp3) is 0.176. The summed E-state index contributed by atoms with van der Waals surface area (Å²) in [7, 11) is 0. The van der Waals surface area contributed by atoms with Gasteiger partial charge in [0.15, 0.2) is 0 Å². The zero-order chi connectivity index (χ0) is 15.5. The maximum absolute atomic E-state index is 13.1. The first kappa shape index (κ1) is 14.9. The van der Waals surface area contributed by atoms with E-state index in [-0.39, 0.29) is 12.2 Å². The van der Waals surface area contributed by atoms with Crippen molar-refractivity contribution in [3.05, 3.63) is 71.3 Å². The van der Waals surface area contributed by atoms with E-state index < -0.39 is 17.0 Å². The molecule has 0 aliphatic carbocycles. The van der Waals surface area contributed by atoms with Crippen LogP contribution >= 0.6 is 0 Å². The summed E-state index contributed by atoms with van der Waals surface area (Å²) in [6.07, 6.45) is -0.0548. The van der Waals surface area contributed by atoms with Crippen molar-refractivity contribution in [3.63, 3.8) is 0 Å². The molecule has 2 rings (SSSR count). The Morgan fingerprint density at radius 2 is 1.38 bits per heavy atom. The summed E-state index contributed by atoms with van der Waals surface area (Å²) < 4.78 is 26.2. The van der Waals surface area contributed by atoms with Crippen LogP contribution in [0, 0.1) is 23.0 Å². The van der Waals surface area contributed by atoms with E-state index in [0.717, 1.165) is 0 Å². The fourth-order valence-corrected chi connectivity index (χ4v) is 2.38. The highest BCUT2D eigenvalue weighted by molar-refractivity contribution is 5.79. The minimum Gasteiger partial charge on any atom is -0.300 e. The SMILES string of the molecule is CC(=O)CC(C#N)(c1ccc(F)cc1)c1ccc(F)cc1. The van der Waals surface area contributed by atoms with E-state index in [9.17, 15) is 18.8 Å². The van der Waals surface area contributed by atoms with E-state index in [1.165, 1.54) is 55.5 Å². The Morgan fingerprint density at radius 3 is 1.67 bits per heavy atom. The van der Waals surface area contributed by atoms with Gasteiger partial charge in [0, 0.05) is 6.42 Å². The third kappa shape index (κ3) is 2.97. The molecule has 0 aliphatic heterocycles. The number of carbonyl (C=O) groups excluding carboxylic acids is 1. The smallest absolute Gasteiger partial charge is 0.132 e. The van der Waals surface area contributed by atoms with Gasteiger partial charge in [-0.05, 0) is 42.3 Å². The van der Waals surface area contributed by atoms with Crippen molar-refractivity contribution < 1.29 is 13.6 Å².